The molecule has 0 amide bonds. The van der Waals surface area contributed by atoms with E-state index in [0.29, 0.717) is 6.54 Å². The molecule has 0 atom stereocenters. The van der Waals surface area contributed by atoms with Gasteiger partial charge in [-0.25, -0.2) is 13.1 Å². The van der Waals surface area contributed by atoms with Crippen LogP contribution in [0.1, 0.15) is 51.5 Å². The van der Waals surface area contributed by atoms with E-state index in [4.69, 9.17) is 5.26 Å². The molecule has 4 nitrogen and oxygen atoms in total. The van der Waals surface area contributed by atoms with Gasteiger partial charge in [-0.1, -0.05) is 51.7 Å². The minimum atomic E-state index is -3.58. The molecular weight excluding hydrogens is 284 g/mol. The van der Waals surface area contributed by atoms with Crippen molar-refractivity contribution in [1.29, 1.82) is 5.26 Å². The summed E-state index contributed by atoms with van der Waals surface area (Å²) in [6.07, 6.45) is 5.40. The molecular formula is C16H24N2O2S. The highest BCUT2D eigenvalue weighted by Gasteiger charge is 2.17. The van der Waals surface area contributed by atoms with Crippen LogP contribution in [0.4, 0.5) is 0 Å². The average Bonchev–Trinajstić information content (AvgIpc) is 2.45. The van der Waals surface area contributed by atoms with E-state index in [2.05, 4.69) is 18.6 Å². The predicted molar refractivity (Wildman–Crippen MR) is 84.3 cm³/mol. The third-order valence-electron chi connectivity index (χ3n) is 3.30. The van der Waals surface area contributed by atoms with Gasteiger partial charge in [0.1, 0.15) is 6.07 Å². The standard InChI is InChI=1S/C16H24N2O2S/c1-14(2)9-5-3-4-8-12-18-21(19,20)16-11-7-6-10-15(16)13-17/h6-7,10-11,14,18H,3-5,8-9,12H2,1-2H3. The maximum absolute atomic E-state index is 12.1. The summed E-state index contributed by atoms with van der Waals surface area (Å²) in [6.45, 7) is 4.84. The Balaban J connectivity index is 2.39. The first-order valence-electron chi connectivity index (χ1n) is 7.46. The van der Waals surface area contributed by atoms with Gasteiger partial charge in [0.25, 0.3) is 0 Å². The molecule has 21 heavy (non-hydrogen) atoms. The fourth-order valence-corrected chi connectivity index (χ4v) is 3.34. The van der Waals surface area contributed by atoms with Crippen molar-refractivity contribution >= 4 is 10.0 Å². The number of sulfonamides is 1. The molecule has 0 aliphatic rings. The Morgan fingerprint density at radius 3 is 2.48 bits per heavy atom. The molecule has 0 radical (unpaired) electrons. The lowest BCUT2D eigenvalue weighted by atomic mass is 10.0. The number of nitrogens with zero attached hydrogens (tertiary/aromatic N) is 1. The average molecular weight is 308 g/mol. The van der Waals surface area contributed by atoms with Crippen LogP contribution in [0.2, 0.25) is 0 Å². The number of rotatable bonds is 9. The first-order valence-corrected chi connectivity index (χ1v) is 8.94. The Morgan fingerprint density at radius 2 is 1.81 bits per heavy atom. The molecule has 0 unspecified atom stereocenters. The van der Waals surface area contributed by atoms with Gasteiger partial charge in [0, 0.05) is 6.54 Å². The van der Waals surface area contributed by atoms with Crippen LogP contribution >= 0.6 is 0 Å². The quantitative estimate of drug-likeness (QED) is 0.710. The molecule has 116 valence electrons. The zero-order valence-corrected chi connectivity index (χ0v) is 13.6. The van der Waals surface area contributed by atoms with Gasteiger partial charge in [-0.05, 0) is 24.5 Å². The second-order valence-corrected chi connectivity index (χ2v) is 7.34. The Kier molecular flexibility index (Phi) is 7.41. The van der Waals surface area contributed by atoms with Gasteiger partial charge in [0.05, 0.1) is 10.5 Å². The van der Waals surface area contributed by atoms with Gasteiger partial charge >= 0.3 is 0 Å². The summed E-state index contributed by atoms with van der Waals surface area (Å²) in [5.74, 6) is 0.728. The van der Waals surface area contributed by atoms with Crippen molar-refractivity contribution in [3.63, 3.8) is 0 Å². The predicted octanol–water partition coefficient (Wildman–Crippen LogP) is 3.44. The zero-order valence-electron chi connectivity index (χ0n) is 12.8. The highest BCUT2D eigenvalue weighted by molar-refractivity contribution is 7.89. The Bertz CT molecular complexity index is 574. The lowest BCUT2D eigenvalue weighted by molar-refractivity contribution is 0.517. The third-order valence-corrected chi connectivity index (χ3v) is 4.82. The molecule has 0 fully saturated rings. The van der Waals surface area contributed by atoms with E-state index in [-0.39, 0.29) is 10.5 Å². The molecule has 5 heteroatoms. The monoisotopic (exact) mass is 308 g/mol. The van der Waals surface area contributed by atoms with E-state index < -0.39 is 10.0 Å². The summed E-state index contributed by atoms with van der Waals surface area (Å²) >= 11 is 0. The number of nitriles is 1. The topological polar surface area (TPSA) is 70.0 Å². The van der Waals surface area contributed by atoms with Crippen molar-refractivity contribution in [2.75, 3.05) is 6.54 Å². The molecule has 1 aromatic carbocycles. The SMILES string of the molecule is CC(C)CCCCCCNS(=O)(=O)c1ccccc1C#N. The summed E-state index contributed by atoms with van der Waals surface area (Å²) in [6, 6.07) is 8.17. The lowest BCUT2D eigenvalue weighted by Crippen LogP contribution is -2.25. The van der Waals surface area contributed by atoms with E-state index in [1.165, 1.54) is 25.0 Å². The van der Waals surface area contributed by atoms with Gasteiger partial charge in [-0.2, -0.15) is 5.26 Å². The second-order valence-electron chi connectivity index (χ2n) is 5.60. The fraction of sp³-hybridized carbons (Fsp3) is 0.562. The first-order chi connectivity index (χ1) is 9.97. The number of hydrogen-bond acceptors (Lipinski definition) is 3. The molecule has 0 aliphatic carbocycles. The van der Waals surface area contributed by atoms with Crippen molar-refractivity contribution in [2.45, 2.75) is 50.8 Å². The van der Waals surface area contributed by atoms with Gasteiger partial charge in [-0.3, -0.25) is 0 Å². The molecule has 1 N–H and O–H groups in total. The third kappa shape index (κ3) is 6.28. The van der Waals surface area contributed by atoms with Crippen LogP contribution in [0.3, 0.4) is 0 Å². The van der Waals surface area contributed by atoms with Crippen molar-refractivity contribution in [3.8, 4) is 6.07 Å². The van der Waals surface area contributed by atoms with E-state index in [1.54, 1.807) is 12.1 Å². The number of unbranched alkanes of at least 4 members (excludes halogenated alkanes) is 3. The molecule has 0 aromatic heterocycles. The second kappa shape index (κ2) is 8.81. The Hall–Kier alpha value is -1.38. The van der Waals surface area contributed by atoms with Crippen LogP contribution in [0.5, 0.6) is 0 Å². The van der Waals surface area contributed by atoms with E-state index >= 15 is 0 Å². The molecule has 1 rings (SSSR count). The largest absolute Gasteiger partial charge is 0.241 e. The Labute approximate surface area is 128 Å². The molecule has 0 saturated heterocycles. The van der Waals surface area contributed by atoms with Gasteiger partial charge in [0.15, 0.2) is 0 Å². The van der Waals surface area contributed by atoms with E-state index in [1.807, 2.05) is 6.07 Å². The maximum atomic E-state index is 12.1. The summed E-state index contributed by atoms with van der Waals surface area (Å²) in [5, 5.41) is 8.95. The maximum Gasteiger partial charge on any atom is 0.241 e. The molecule has 0 aliphatic heterocycles. The minimum Gasteiger partial charge on any atom is -0.211 e. The summed E-state index contributed by atoms with van der Waals surface area (Å²) < 4.78 is 26.8. The fourth-order valence-electron chi connectivity index (χ4n) is 2.11. The minimum absolute atomic E-state index is 0.0623. The van der Waals surface area contributed by atoms with Gasteiger partial charge < -0.3 is 0 Å². The smallest absolute Gasteiger partial charge is 0.211 e. The Morgan fingerprint density at radius 1 is 1.14 bits per heavy atom. The van der Waals surface area contributed by atoms with Crippen molar-refractivity contribution < 1.29 is 8.42 Å². The highest BCUT2D eigenvalue weighted by Crippen LogP contribution is 2.14. The van der Waals surface area contributed by atoms with Crippen LogP contribution in [0.15, 0.2) is 29.2 Å². The molecule has 0 bridgehead atoms. The number of benzene rings is 1. The molecule has 0 heterocycles. The van der Waals surface area contributed by atoms with Gasteiger partial charge in [0.2, 0.25) is 10.0 Å². The van der Waals surface area contributed by atoms with Crippen LogP contribution in [-0.2, 0) is 10.0 Å². The number of nitrogens with one attached hydrogen (secondary N) is 1. The highest BCUT2D eigenvalue weighted by atomic mass is 32.2. The molecule has 0 spiro atoms. The van der Waals surface area contributed by atoms with Crippen molar-refractivity contribution in [2.24, 2.45) is 5.92 Å². The summed E-state index contributed by atoms with van der Waals surface area (Å²) in [5.41, 5.74) is 0.182. The van der Waals surface area contributed by atoms with Crippen LogP contribution in [0, 0.1) is 17.2 Å². The summed E-state index contributed by atoms with van der Waals surface area (Å²) in [4.78, 5) is 0.0623. The zero-order chi connectivity index (χ0) is 15.7. The van der Waals surface area contributed by atoms with Crippen LogP contribution < -0.4 is 4.72 Å². The van der Waals surface area contributed by atoms with Crippen molar-refractivity contribution in [1.82, 2.24) is 4.72 Å². The van der Waals surface area contributed by atoms with E-state index in [0.717, 1.165) is 25.2 Å². The number of hydrogen-bond donors (Lipinski definition) is 1. The van der Waals surface area contributed by atoms with Gasteiger partial charge in [-0.15, -0.1) is 0 Å². The van der Waals surface area contributed by atoms with Crippen molar-refractivity contribution in [3.05, 3.63) is 29.8 Å². The summed E-state index contributed by atoms with van der Waals surface area (Å²) in [7, 11) is -3.58. The van der Waals surface area contributed by atoms with Crippen LogP contribution in [-0.4, -0.2) is 15.0 Å². The van der Waals surface area contributed by atoms with E-state index in [9.17, 15) is 8.42 Å². The molecule has 0 saturated carbocycles. The molecule has 1 aromatic rings. The normalized spacial score (nSPS) is 11.5. The van der Waals surface area contributed by atoms with Crippen LogP contribution in [0.25, 0.3) is 0 Å². The first kappa shape index (κ1) is 17.7. The lowest BCUT2D eigenvalue weighted by Gasteiger charge is -2.08.